The van der Waals surface area contributed by atoms with E-state index in [1.165, 1.54) is 11.6 Å². The van der Waals surface area contributed by atoms with E-state index in [1.54, 1.807) is 22.8 Å². The van der Waals surface area contributed by atoms with Gasteiger partial charge in [0.1, 0.15) is 5.75 Å². The maximum absolute atomic E-state index is 13.8. The van der Waals surface area contributed by atoms with Crippen LogP contribution in [0.25, 0.3) is 10.9 Å². The van der Waals surface area contributed by atoms with E-state index in [1.807, 2.05) is 39.8 Å². The van der Waals surface area contributed by atoms with Gasteiger partial charge in [0.25, 0.3) is 5.91 Å². The molecule has 0 saturated carbocycles. The van der Waals surface area contributed by atoms with Crippen LogP contribution in [0, 0.1) is 13.8 Å². The average molecular weight is 583 g/mol. The summed E-state index contributed by atoms with van der Waals surface area (Å²) < 4.78 is 48.4. The van der Waals surface area contributed by atoms with Crippen LogP contribution in [0.4, 0.5) is 13.2 Å². The molecule has 4 aromatic rings. The zero-order valence-corrected chi connectivity index (χ0v) is 24.7. The first kappa shape index (κ1) is 32.2. The number of aliphatic carboxylic acids is 1. The molecule has 0 spiro atoms. The normalized spacial score (nSPS) is 11.3. The minimum atomic E-state index is -4.60. The van der Waals surface area contributed by atoms with Crippen LogP contribution in [0.1, 0.15) is 77.5 Å². The molecule has 224 valence electrons. The van der Waals surface area contributed by atoms with E-state index in [4.69, 9.17) is 9.84 Å². The first-order valence-electron chi connectivity index (χ1n) is 13.9. The van der Waals surface area contributed by atoms with Crippen molar-refractivity contribution in [2.45, 2.75) is 66.7 Å². The van der Waals surface area contributed by atoms with Crippen molar-refractivity contribution in [3.05, 3.63) is 99.7 Å². The highest BCUT2D eigenvalue weighted by atomic mass is 19.4. The predicted octanol–water partition coefficient (Wildman–Crippen LogP) is 7.87. The van der Waals surface area contributed by atoms with Crippen molar-refractivity contribution in [3.63, 3.8) is 0 Å². The summed E-state index contributed by atoms with van der Waals surface area (Å²) in [5, 5.41) is 12.6. The molecule has 6 nitrogen and oxygen atoms in total. The second-order valence-electron chi connectivity index (χ2n) is 10.1. The monoisotopic (exact) mass is 582 g/mol. The Kier molecular flexibility index (Phi) is 10.4. The molecule has 0 saturated heterocycles. The molecule has 1 heterocycles. The molecule has 1 amide bonds. The molecular weight excluding hydrogens is 545 g/mol. The second-order valence-corrected chi connectivity index (χ2v) is 10.1. The highest BCUT2D eigenvalue weighted by Crippen LogP contribution is 2.36. The molecule has 42 heavy (non-hydrogen) atoms. The smallest absolute Gasteiger partial charge is 0.416 e. The number of hydrogen-bond donors (Lipinski definition) is 2. The maximum Gasteiger partial charge on any atom is 0.416 e. The molecule has 0 bridgehead atoms. The lowest BCUT2D eigenvalue weighted by atomic mass is 10.0. The fraction of sp³-hybridized carbons (Fsp3) is 0.333. The number of benzene rings is 3. The maximum atomic E-state index is 13.8. The number of alkyl halides is 3. The third kappa shape index (κ3) is 7.51. The van der Waals surface area contributed by atoms with Crippen molar-refractivity contribution in [3.8, 4) is 5.75 Å². The molecule has 0 aliphatic carbocycles. The number of carboxylic acids is 1. The van der Waals surface area contributed by atoms with E-state index in [-0.39, 0.29) is 23.8 Å². The van der Waals surface area contributed by atoms with Gasteiger partial charge in [0, 0.05) is 35.2 Å². The van der Waals surface area contributed by atoms with E-state index in [9.17, 15) is 22.8 Å². The van der Waals surface area contributed by atoms with Gasteiger partial charge in [0.05, 0.1) is 5.56 Å². The van der Waals surface area contributed by atoms with Gasteiger partial charge < -0.3 is 19.7 Å². The van der Waals surface area contributed by atoms with Gasteiger partial charge >= 0.3 is 12.1 Å². The number of carbonyl (C=O) groups excluding carboxylic acids is 1. The van der Waals surface area contributed by atoms with Crippen molar-refractivity contribution >= 4 is 22.8 Å². The summed E-state index contributed by atoms with van der Waals surface area (Å²) in [6.45, 7) is 11.5. The number of halogens is 3. The Morgan fingerprint density at radius 1 is 1.00 bits per heavy atom. The molecule has 3 aromatic carbocycles. The van der Waals surface area contributed by atoms with Gasteiger partial charge in [-0.05, 0) is 78.4 Å². The molecule has 0 atom stereocenters. The molecule has 4 rings (SSSR count). The Morgan fingerprint density at radius 2 is 1.71 bits per heavy atom. The lowest BCUT2D eigenvalue weighted by Gasteiger charge is -2.17. The number of amides is 1. The topological polar surface area (TPSA) is 80.6 Å². The van der Waals surface area contributed by atoms with Crippen LogP contribution < -0.4 is 10.1 Å². The van der Waals surface area contributed by atoms with E-state index < -0.39 is 24.3 Å². The fourth-order valence-corrected chi connectivity index (χ4v) is 4.72. The van der Waals surface area contributed by atoms with Crippen LogP contribution in [0.5, 0.6) is 5.75 Å². The van der Waals surface area contributed by atoms with Gasteiger partial charge in [0.2, 0.25) is 0 Å². The van der Waals surface area contributed by atoms with E-state index >= 15 is 0 Å². The molecule has 9 heteroatoms. The van der Waals surface area contributed by atoms with Crippen LogP contribution in [0.3, 0.4) is 0 Å². The summed E-state index contributed by atoms with van der Waals surface area (Å²) in [6, 6.07) is 16.4. The van der Waals surface area contributed by atoms with Crippen LogP contribution >= 0.6 is 0 Å². The number of carboxylic acid groups (broad SMARTS) is 1. The first-order valence-corrected chi connectivity index (χ1v) is 13.9. The largest absolute Gasteiger partial charge is 0.482 e. The zero-order chi connectivity index (χ0) is 31.2. The predicted molar refractivity (Wildman–Crippen MR) is 158 cm³/mol. The Bertz CT molecular complexity index is 1570. The molecule has 0 aliphatic heterocycles. The van der Waals surface area contributed by atoms with Crippen molar-refractivity contribution in [2.75, 3.05) is 6.61 Å². The number of aryl methyl sites for hydroxylation is 1. The molecule has 2 N–H and O–H groups in total. The molecule has 0 fully saturated rings. The number of aromatic nitrogens is 1. The van der Waals surface area contributed by atoms with Gasteiger partial charge in [-0.2, -0.15) is 13.2 Å². The number of rotatable bonds is 9. The lowest BCUT2D eigenvalue weighted by molar-refractivity contribution is -0.140. The van der Waals surface area contributed by atoms with Gasteiger partial charge in [0.15, 0.2) is 6.61 Å². The fourth-order valence-electron chi connectivity index (χ4n) is 4.72. The number of nitrogens with zero attached hydrogens (tertiary/aromatic N) is 1. The number of nitrogens with one attached hydrogen (secondary N) is 1. The third-order valence-electron chi connectivity index (χ3n) is 7.04. The van der Waals surface area contributed by atoms with Crippen LogP contribution in [0.2, 0.25) is 0 Å². The van der Waals surface area contributed by atoms with Crippen molar-refractivity contribution in [1.82, 2.24) is 9.88 Å². The summed E-state index contributed by atoms with van der Waals surface area (Å²) in [4.78, 5) is 23.8. The number of fused-ring (bicyclic) bond motifs is 1. The summed E-state index contributed by atoms with van der Waals surface area (Å²) in [7, 11) is 0. The standard InChI is InChI=1S/C31H31F3N2O4.C2H6/c1-18(2)22-7-5-6-21(12-22)15-35-30(39)23-8-11-28-26(14-23)19(3)20(4)36(28)16-24-13-25(40-17-29(37)38)9-10-27(24)31(32,33)34;1-2/h5-14,18H,15-17H2,1-4H3,(H,35,39)(H,37,38);1-2H3. The van der Waals surface area contributed by atoms with Gasteiger partial charge in [-0.15, -0.1) is 0 Å². The Balaban J connectivity index is 0.00000237. The molecule has 1 aromatic heterocycles. The summed E-state index contributed by atoms with van der Waals surface area (Å²) in [5.74, 6) is -1.06. The van der Waals surface area contributed by atoms with Crippen molar-refractivity contribution < 1.29 is 32.6 Å². The van der Waals surface area contributed by atoms with Gasteiger partial charge in [-0.25, -0.2) is 4.79 Å². The third-order valence-corrected chi connectivity index (χ3v) is 7.04. The first-order chi connectivity index (χ1) is 19.8. The highest BCUT2D eigenvalue weighted by Gasteiger charge is 2.34. The average Bonchev–Trinajstić information content (AvgIpc) is 3.19. The SMILES string of the molecule is CC.Cc1c(C)n(Cc2cc(OCC(=O)O)ccc2C(F)(F)F)c2ccc(C(=O)NCc3cccc(C(C)C)c3)cc12. The summed E-state index contributed by atoms with van der Waals surface area (Å²) >= 11 is 0. The second kappa shape index (κ2) is 13.6. The molecule has 0 radical (unpaired) electrons. The van der Waals surface area contributed by atoms with Crippen LogP contribution in [-0.2, 0) is 24.1 Å². The number of ether oxygens (including phenoxy) is 1. The van der Waals surface area contributed by atoms with Crippen molar-refractivity contribution in [1.29, 1.82) is 0 Å². The minimum absolute atomic E-state index is 0.0362. The summed E-state index contributed by atoms with van der Waals surface area (Å²) in [6.07, 6.45) is -4.60. The molecule has 0 aliphatic rings. The van der Waals surface area contributed by atoms with Crippen LogP contribution in [-0.4, -0.2) is 28.2 Å². The number of carbonyl (C=O) groups is 2. The van der Waals surface area contributed by atoms with E-state index in [0.29, 0.717) is 23.5 Å². The van der Waals surface area contributed by atoms with E-state index in [0.717, 1.165) is 34.3 Å². The minimum Gasteiger partial charge on any atom is -0.482 e. The molecular formula is C33H37F3N2O4. The van der Waals surface area contributed by atoms with Crippen molar-refractivity contribution in [2.24, 2.45) is 0 Å². The Hall–Kier alpha value is -4.27. The highest BCUT2D eigenvalue weighted by molar-refractivity contribution is 5.99. The summed E-state index contributed by atoms with van der Waals surface area (Å²) in [5.41, 5.74) is 4.03. The van der Waals surface area contributed by atoms with Gasteiger partial charge in [-0.1, -0.05) is 52.0 Å². The van der Waals surface area contributed by atoms with E-state index in [2.05, 4.69) is 31.3 Å². The van der Waals surface area contributed by atoms with Crippen LogP contribution in [0.15, 0.2) is 60.7 Å². The molecule has 0 unspecified atom stereocenters. The Morgan fingerprint density at radius 3 is 2.36 bits per heavy atom. The quantitative estimate of drug-likeness (QED) is 0.211. The lowest BCUT2D eigenvalue weighted by Crippen LogP contribution is -2.22. The number of hydrogen-bond acceptors (Lipinski definition) is 3. The zero-order valence-electron chi connectivity index (χ0n) is 24.7. The van der Waals surface area contributed by atoms with Gasteiger partial charge in [-0.3, -0.25) is 4.79 Å². The Labute approximate surface area is 244 Å².